The number of nitrogens with one attached hydrogen (secondary N) is 1. The highest BCUT2D eigenvalue weighted by Gasteiger charge is 2.44. The van der Waals surface area contributed by atoms with Crippen molar-refractivity contribution < 1.29 is 39.8 Å². The number of hydrogen-bond acceptors (Lipinski definition) is 8. The van der Waals surface area contributed by atoms with E-state index >= 15 is 0 Å². The van der Waals surface area contributed by atoms with Crippen LogP contribution in [0.5, 0.6) is 0 Å². The zero-order valence-electron chi connectivity index (χ0n) is 46.3. The van der Waals surface area contributed by atoms with Gasteiger partial charge in [0.05, 0.1) is 25.4 Å². The van der Waals surface area contributed by atoms with Crippen LogP contribution in [0.2, 0.25) is 0 Å². The van der Waals surface area contributed by atoms with Gasteiger partial charge in [-0.3, -0.25) is 4.79 Å². The molecule has 7 atom stereocenters. The maximum Gasteiger partial charge on any atom is 0.220 e. The molecule has 0 aliphatic carbocycles. The van der Waals surface area contributed by atoms with E-state index in [0.29, 0.717) is 6.42 Å². The van der Waals surface area contributed by atoms with Gasteiger partial charge in [0.2, 0.25) is 5.91 Å². The van der Waals surface area contributed by atoms with E-state index in [1.807, 2.05) is 6.08 Å². The molecule has 2 unspecified atom stereocenters. The number of aliphatic hydroxyl groups is 5. The second-order valence-corrected chi connectivity index (χ2v) is 21.9. The Bertz CT molecular complexity index is 1110. The van der Waals surface area contributed by atoms with Crippen molar-refractivity contribution in [1.82, 2.24) is 5.32 Å². The van der Waals surface area contributed by atoms with Crippen LogP contribution in [0.3, 0.4) is 0 Å². The summed E-state index contributed by atoms with van der Waals surface area (Å²) in [5.74, 6) is -0.170. The van der Waals surface area contributed by atoms with Gasteiger partial charge in [-0.1, -0.05) is 302 Å². The Labute approximate surface area is 433 Å². The SMILES string of the molecule is CCCCCCCCCCCCCCC/C=C/[C@@H](O)[C@H](CO[C@@H]1O[C@H](CO)[C@H](O)C(O)C1O)NC(=O)CCCCCCCCCCCCCCCCCCCCCCCCCCCCCCCCCC. The van der Waals surface area contributed by atoms with E-state index in [2.05, 4.69) is 19.2 Å². The molecule has 9 nitrogen and oxygen atoms in total. The zero-order valence-corrected chi connectivity index (χ0v) is 46.3. The topological polar surface area (TPSA) is 149 Å². The van der Waals surface area contributed by atoms with Gasteiger partial charge in [-0.05, 0) is 19.3 Å². The maximum atomic E-state index is 13.1. The van der Waals surface area contributed by atoms with Crippen molar-refractivity contribution in [3.8, 4) is 0 Å². The van der Waals surface area contributed by atoms with Gasteiger partial charge in [-0.15, -0.1) is 0 Å². The van der Waals surface area contributed by atoms with Gasteiger partial charge in [0.25, 0.3) is 0 Å². The van der Waals surface area contributed by atoms with Crippen LogP contribution in [0, 0.1) is 0 Å². The molecule has 1 heterocycles. The molecule has 1 rings (SSSR count). The number of unbranched alkanes of at least 4 members (excludes halogenated alkanes) is 44. The van der Waals surface area contributed by atoms with Gasteiger partial charge in [-0.2, -0.15) is 0 Å². The van der Waals surface area contributed by atoms with Gasteiger partial charge >= 0.3 is 0 Å². The zero-order chi connectivity index (χ0) is 50.8. The predicted octanol–water partition coefficient (Wildman–Crippen LogP) is 15.6. The first-order chi connectivity index (χ1) is 34.3. The number of carbonyl (C=O) groups excluding carboxylic acids is 1. The van der Waals surface area contributed by atoms with E-state index in [-0.39, 0.29) is 12.5 Å². The summed E-state index contributed by atoms with van der Waals surface area (Å²) in [7, 11) is 0. The first-order valence-corrected chi connectivity index (χ1v) is 30.9. The number of hydrogen-bond donors (Lipinski definition) is 6. The van der Waals surface area contributed by atoms with Crippen molar-refractivity contribution in [2.45, 2.75) is 358 Å². The third-order valence-electron chi connectivity index (χ3n) is 15.1. The normalized spacial score (nSPS) is 19.3. The lowest BCUT2D eigenvalue weighted by Crippen LogP contribution is -2.60. The van der Waals surface area contributed by atoms with Crippen molar-refractivity contribution in [2.24, 2.45) is 0 Å². The van der Waals surface area contributed by atoms with Gasteiger partial charge in [0, 0.05) is 6.42 Å². The smallest absolute Gasteiger partial charge is 0.220 e. The number of aliphatic hydroxyl groups excluding tert-OH is 5. The molecule has 0 bridgehead atoms. The number of amides is 1. The fraction of sp³-hybridized carbons (Fsp3) is 0.951. The third-order valence-corrected chi connectivity index (χ3v) is 15.1. The largest absolute Gasteiger partial charge is 0.394 e. The number of carbonyl (C=O) groups is 1. The summed E-state index contributed by atoms with van der Waals surface area (Å²) in [6.45, 7) is 3.82. The Balaban J connectivity index is 2.10. The molecular formula is C61H119NO8. The fourth-order valence-electron chi connectivity index (χ4n) is 10.2. The third kappa shape index (κ3) is 40.3. The molecule has 0 saturated carbocycles. The summed E-state index contributed by atoms with van der Waals surface area (Å²) in [5, 5.41) is 54.5. The first kappa shape index (κ1) is 66.9. The molecule has 0 aromatic rings. The highest BCUT2D eigenvalue weighted by atomic mass is 16.7. The molecule has 0 aromatic heterocycles. The van der Waals surface area contributed by atoms with Crippen LogP contribution >= 0.6 is 0 Å². The van der Waals surface area contributed by atoms with Crippen LogP contribution in [0.25, 0.3) is 0 Å². The highest BCUT2D eigenvalue weighted by Crippen LogP contribution is 2.23. The summed E-state index contributed by atoms with van der Waals surface area (Å²) < 4.78 is 11.3. The average Bonchev–Trinajstić information content (AvgIpc) is 3.36. The molecule has 1 saturated heterocycles. The predicted molar refractivity (Wildman–Crippen MR) is 295 cm³/mol. The highest BCUT2D eigenvalue weighted by molar-refractivity contribution is 5.76. The molecule has 1 aliphatic rings. The second-order valence-electron chi connectivity index (χ2n) is 21.9. The lowest BCUT2D eigenvalue weighted by Gasteiger charge is -2.40. The van der Waals surface area contributed by atoms with Crippen LogP contribution < -0.4 is 5.32 Å². The minimum absolute atomic E-state index is 0.170. The molecule has 1 amide bonds. The Morgan fingerprint density at radius 3 is 1.11 bits per heavy atom. The minimum Gasteiger partial charge on any atom is -0.394 e. The van der Waals surface area contributed by atoms with Gasteiger partial charge in [0.15, 0.2) is 6.29 Å². The first-order valence-electron chi connectivity index (χ1n) is 30.9. The monoisotopic (exact) mass is 994 g/mol. The number of allylic oxidation sites excluding steroid dienone is 1. The van der Waals surface area contributed by atoms with E-state index in [9.17, 15) is 30.3 Å². The maximum absolute atomic E-state index is 13.1. The lowest BCUT2D eigenvalue weighted by atomic mass is 9.99. The molecule has 1 aliphatic heterocycles. The summed E-state index contributed by atoms with van der Waals surface area (Å²) in [6, 6.07) is -0.800. The van der Waals surface area contributed by atoms with E-state index in [1.54, 1.807) is 6.08 Å². The van der Waals surface area contributed by atoms with Crippen molar-refractivity contribution >= 4 is 5.91 Å². The summed E-state index contributed by atoms with van der Waals surface area (Å²) >= 11 is 0. The second kappa shape index (κ2) is 51.4. The quantitative estimate of drug-likeness (QED) is 0.0261. The fourth-order valence-corrected chi connectivity index (χ4v) is 10.2. The van der Waals surface area contributed by atoms with Crippen LogP contribution in [0.1, 0.15) is 316 Å². The molecule has 9 heteroatoms. The van der Waals surface area contributed by atoms with Crippen molar-refractivity contribution in [3.05, 3.63) is 12.2 Å². The standard InChI is InChI=1S/C61H119NO8/c1-3-5-7-9-11-13-15-17-19-20-21-22-23-24-25-26-27-28-29-30-31-32-33-34-35-37-39-41-43-45-47-49-51-57(65)62-54(53-69-61-60(68)59(67)58(66)56(52-63)70-61)55(64)50-48-46-44-42-40-38-36-18-16-14-12-10-8-6-4-2/h48,50,54-56,58-61,63-64,66-68H,3-47,49,51-53H2,1-2H3,(H,62,65)/b50-48+/t54-,55+,56+,58-,59?,60?,61+/m0/s1. The Hall–Kier alpha value is -1.07. The molecular weight excluding hydrogens is 875 g/mol. The van der Waals surface area contributed by atoms with Gasteiger partial charge < -0.3 is 40.3 Å². The lowest BCUT2D eigenvalue weighted by molar-refractivity contribution is -0.302. The molecule has 0 aromatic carbocycles. The van der Waals surface area contributed by atoms with E-state index in [0.717, 1.165) is 38.5 Å². The molecule has 416 valence electrons. The van der Waals surface area contributed by atoms with Crippen LogP contribution in [0.4, 0.5) is 0 Å². The Kier molecular flexibility index (Phi) is 49.2. The van der Waals surface area contributed by atoms with E-state index in [1.165, 1.54) is 257 Å². The van der Waals surface area contributed by atoms with E-state index in [4.69, 9.17) is 9.47 Å². The number of rotatable bonds is 54. The van der Waals surface area contributed by atoms with Gasteiger partial charge in [-0.25, -0.2) is 0 Å². The Morgan fingerprint density at radius 2 is 0.786 bits per heavy atom. The minimum atomic E-state index is -1.56. The molecule has 1 fully saturated rings. The van der Waals surface area contributed by atoms with E-state index < -0.39 is 49.5 Å². The van der Waals surface area contributed by atoms with Crippen molar-refractivity contribution in [2.75, 3.05) is 13.2 Å². The van der Waals surface area contributed by atoms with Crippen LogP contribution in [-0.4, -0.2) is 87.5 Å². The van der Waals surface area contributed by atoms with Crippen molar-refractivity contribution in [3.63, 3.8) is 0 Å². The molecule has 0 radical (unpaired) electrons. The Morgan fingerprint density at radius 1 is 0.471 bits per heavy atom. The van der Waals surface area contributed by atoms with Crippen molar-refractivity contribution in [1.29, 1.82) is 0 Å². The molecule has 0 spiro atoms. The summed E-state index contributed by atoms with van der Waals surface area (Å²) in [6.07, 6.45) is 57.3. The summed E-state index contributed by atoms with van der Waals surface area (Å²) in [4.78, 5) is 13.1. The van der Waals surface area contributed by atoms with Crippen LogP contribution in [-0.2, 0) is 14.3 Å². The summed E-state index contributed by atoms with van der Waals surface area (Å²) in [5.41, 5.74) is 0. The molecule has 6 N–H and O–H groups in total. The molecule has 70 heavy (non-hydrogen) atoms. The average molecular weight is 995 g/mol. The van der Waals surface area contributed by atoms with Gasteiger partial charge in [0.1, 0.15) is 24.4 Å². The van der Waals surface area contributed by atoms with Crippen LogP contribution in [0.15, 0.2) is 12.2 Å². The number of ether oxygens (including phenoxy) is 2.